The molecule has 0 aliphatic carbocycles. The van der Waals surface area contributed by atoms with Crippen LogP contribution < -0.4 is 10.2 Å². The monoisotopic (exact) mass is 291 g/mol. The minimum Gasteiger partial charge on any atom is -0.371 e. The topological polar surface area (TPSA) is 18.5 Å². The molecule has 0 radical (unpaired) electrons. The van der Waals surface area contributed by atoms with Gasteiger partial charge in [0.25, 0.3) is 0 Å². The first-order valence-corrected chi connectivity index (χ1v) is 8.07. The summed E-state index contributed by atoms with van der Waals surface area (Å²) >= 11 is 0. The number of nitrogens with one attached hydrogen (secondary N) is 1. The van der Waals surface area contributed by atoms with Crippen molar-refractivity contribution >= 4 is 5.69 Å². The van der Waals surface area contributed by atoms with E-state index >= 15 is 0 Å². The van der Waals surface area contributed by atoms with Gasteiger partial charge in [0.2, 0.25) is 0 Å². The number of nitrogens with zero attached hydrogens (tertiary/aromatic N) is 2. The molecule has 2 fully saturated rings. The van der Waals surface area contributed by atoms with Crippen molar-refractivity contribution in [3.63, 3.8) is 0 Å². The summed E-state index contributed by atoms with van der Waals surface area (Å²) in [6.07, 6.45) is 3.63. The molecular formula is C17H26FN3. The van der Waals surface area contributed by atoms with Crippen molar-refractivity contribution in [1.29, 1.82) is 0 Å². The van der Waals surface area contributed by atoms with E-state index in [4.69, 9.17) is 0 Å². The minimum atomic E-state index is -0.141. The maximum Gasteiger partial charge on any atom is 0.123 e. The first-order valence-electron chi connectivity index (χ1n) is 8.07. The summed E-state index contributed by atoms with van der Waals surface area (Å²) in [6.45, 7) is 6.51. The molecule has 3 nitrogen and oxygen atoms in total. The number of hydrogen-bond acceptors (Lipinski definition) is 3. The zero-order valence-corrected chi connectivity index (χ0v) is 13.1. The SMILES string of the molecule is Cc1cc(F)ccc1N1CCC(N[C@H]2CCN(C)C2)CC1. The Morgan fingerprint density at radius 3 is 2.43 bits per heavy atom. The van der Waals surface area contributed by atoms with Gasteiger partial charge in [0.1, 0.15) is 5.82 Å². The van der Waals surface area contributed by atoms with Gasteiger partial charge in [0, 0.05) is 37.4 Å². The summed E-state index contributed by atoms with van der Waals surface area (Å²) in [5.41, 5.74) is 2.23. The van der Waals surface area contributed by atoms with Crippen LogP contribution in [0.2, 0.25) is 0 Å². The van der Waals surface area contributed by atoms with E-state index in [0.717, 1.165) is 18.7 Å². The standard InChI is InChI=1S/C17H26FN3/c1-13-11-14(18)3-4-17(13)21-9-6-15(7-10-21)19-16-5-8-20(2)12-16/h3-4,11,15-16,19H,5-10,12H2,1-2H3/t16-/m0/s1. The van der Waals surface area contributed by atoms with Gasteiger partial charge in [-0.25, -0.2) is 4.39 Å². The molecule has 1 atom stereocenters. The third-order valence-corrected chi connectivity index (χ3v) is 4.86. The van der Waals surface area contributed by atoms with Gasteiger partial charge in [-0.05, 0) is 63.5 Å². The smallest absolute Gasteiger partial charge is 0.123 e. The highest BCUT2D eigenvalue weighted by atomic mass is 19.1. The van der Waals surface area contributed by atoms with Gasteiger partial charge < -0.3 is 15.1 Å². The fourth-order valence-electron chi connectivity index (χ4n) is 3.67. The number of rotatable bonds is 3. The Kier molecular flexibility index (Phi) is 4.45. The quantitative estimate of drug-likeness (QED) is 0.922. The van der Waals surface area contributed by atoms with E-state index in [1.54, 1.807) is 12.1 Å². The van der Waals surface area contributed by atoms with Gasteiger partial charge >= 0.3 is 0 Å². The minimum absolute atomic E-state index is 0.141. The van der Waals surface area contributed by atoms with E-state index in [-0.39, 0.29) is 5.82 Å². The van der Waals surface area contributed by atoms with E-state index in [1.165, 1.54) is 38.0 Å². The van der Waals surface area contributed by atoms with Gasteiger partial charge in [0.05, 0.1) is 0 Å². The largest absolute Gasteiger partial charge is 0.371 e. The second kappa shape index (κ2) is 6.32. The van der Waals surface area contributed by atoms with E-state index in [2.05, 4.69) is 22.2 Å². The van der Waals surface area contributed by atoms with Crippen LogP contribution in [-0.2, 0) is 0 Å². The lowest BCUT2D eigenvalue weighted by Gasteiger charge is -2.36. The van der Waals surface area contributed by atoms with E-state index in [1.807, 2.05) is 13.0 Å². The number of anilines is 1. The van der Waals surface area contributed by atoms with Crippen molar-refractivity contribution in [3.05, 3.63) is 29.6 Å². The van der Waals surface area contributed by atoms with Gasteiger partial charge in [0.15, 0.2) is 0 Å². The summed E-state index contributed by atoms with van der Waals surface area (Å²) in [5, 5.41) is 3.82. The maximum absolute atomic E-state index is 13.2. The lowest BCUT2D eigenvalue weighted by molar-refractivity contribution is 0.350. The molecule has 1 N–H and O–H groups in total. The number of likely N-dealkylation sites (tertiary alicyclic amines) is 1. The molecule has 1 aromatic rings. The molecule has 0 unspecified atom stereocenters. The van der Waals surface area contributed by atoms with Crippen LogP contribution >= 0.6 is 0 Å². The number of aryl methyl sites for hydroxylation is 1. The number of likely N-dealkylation sites (N-methyl/N-ethyl adjacent to an activating group) is 1. The molecule has 3 rings (SSSR count). The predicted molar refractivity (Wildman–Crippen MR) is 85.4 cm³/mol. The summed E-state index contributed by atoms with van der Waals surface area (Å²) in [7, 11) is 2.20. The Morgan fingerprint density at radius 1 is 1.10 bits per heavy atom. The number of benzene rings is 1. The Labute approximate surface area is 127 Å². The molecule has 4 heteroatoms. The summed E-state index contributed by atoms with van der Waals surface area (Å²) in [5.74, 6) is -0.141. The van der Waals surface area contributed by atoms with Crippen molar-refractivity contribution in [3.8, 4) is 0 Å². The molecule has 0 aromatic heterocycles. The van der Waals surface area contributed by atoms with Crippen LogP contribution in [0, 0.1) is 12.7 Å². The van der Waals surface area contributed by atoms with Crippen LogP contribution in [0.25, 0.3) is 0 Å². The molecule has 0 spiro atoms. The van der Waals surface area contributed by atoms with Gasteiger partial charge in [-0.1, -0.05) is 0 Å². The molecule has 2 aliphatic rings. The third kappa shape index (κ3) is 3.55. The van der Waals surface area contributed by atoms with Crippen molar-refractivity contribution in [2.24, 2.45) is 0 Å². The van der Waals surface area contributed by atoms with Crippen LogP contribution in [0.5, 0.6) is 0 Å². The van der Waals surface area contributed by atoms with E-state index in [9.17, 15) is 4.39 Å². The van der Waals surface area contributed by atoms with Gasteiger partial charge in [-0.3, -0.25) is 0 Å². The Morgan fingerprint density at radius 2 is 1.81 bits per heavy atom. The summed E-state index contributed by atoms with van der Waals surface area (Å²) in [6, 6.07) is 6.43. The number of hydrogen-bond donors (Lipinski definition) is 1. The van der Waals surface area contributed by atoms with Crippen LogP contribution in [0.4, 0.5) is 10.1 Å². The predicted octanol–water partition coefficient (Wildman–Crippen LogP) is 2.40. The van der Waals surface area contributed by atoms with Crippen molar-refractivity contribution in [2.45, 2.75) is 38.3 Å². The molecule has 2 saturated heterocycles. The average molecular weight is 291 g/mol. The van der Waals surface area contributed by atoms with Crippen LogP contribution in [0.15, 0.2) is 18.2 Å². The molecule has 21 heavy (non-hydrogen) atoms. The number of halogens is 1. The normalized spacial score (nSPS) is 24.7. The molecular weight excluding hydrogens is 265 g/mol. The highest BCUT2D eigenvalue weighted by molar-refractivity contribution is 5.53. The van der Waals surface area contributed by atoms with Crippen molar-refractivity contribution in [1.82, 2.24) is 10.2 Å². The second-order valence-electron chi connectivity index (χ2n) is 6.61. The Bertz CT molecular complexity index is 483. The third-order valence-electron chi connectivity index (χ3n) is 4.86. The fourth-order valence-corrected chi connectivity index (χ4v) is 3.67. The molecule has 2 aliphatic heterocycles. The highest BCUT2D eigenvalue weighted by Gasteiger charge is 2.25. The van der Waals surface area contributed by atoms with E-state index < -0.39 is 0 Å². The first-order chi connectivity index (χ1) is 10.1. The average Bonchev–Trinajstić information content (AvgIpc) is 2.85. The lowest BCUT2D eigenvalue weighted by Crippen LogP contribution is -2.47. The van der Waals surface area contributed by atoms with Crippen LogP contribution in [0.1, 0.15) is 24.8 Å². The van der Waals surface area contributed by atoms with E-state index in [0.29, 0.717) is 12.1 Å². The summed E-state index contributed by atoms with van der Waals surface area (Å²) in [4.78, 5) is 4.79. The maximum atomic E-state index is 13.2. The molecule has 2 heterocycles. The van der Waals surface area contributed by atoms with Crippen molar-refractivity contribution in [2.75, 3.05) is 38.1 Å². The van der Waals surface area contributed by atoms with Crippen molar-refractivity contribution < 1.29 is 4.39 Å². The van der Waals surface area contributed by atoms with Crippen LogP contribution in [0.3, 0.4) is 0 Å². The molecule has 1 aromatic carbocycles. The van der Waals surface area contributed by atoms with Gasteiger partial charge in [-0.15, -0.1) is 0 Å². The van der Waals surface area contributed by atoms with Gasteiger partial charge in [-0.2, -0.15) is 0 Å². The lowest BCUT2D eigenvalue weighted by atomic mass is 10.0. The Balaban J connectivity index is 1.53. The molecule has 0 bridgehead atoms. The first kappa shape index (κ1) is 14.8. The molecule has 116 valence electrons. The zero-order valence-electron chi connectivity index (χ0n) is 13.1. The second-order valence-corrected chi connectivity index (χ2v) is 6.61. The zero-order chi connectivity index (χ0) is 14.8. The fraction of sp³-hybridized carbons (Fsp3) is 0.647. The number of piperidine rings is 1. The molecule has 0 amide bonds. The molecule has 0 saturated carbocycles. The Hall–Kier alpha value is -1.13. The highest BCUT2D eigenvalue weighted by Crippen LogP contribution is 2.25. The van der Waals surface area contributed by atoms with Crippen LogP contribution in [-0.4, -0.2) is 50.2 Å². The summed E-state index contributed by atoms with van der Waals surface area (Å²) < 4.78 is 13.2.